The highest BCUT2D eigenvalue weighted by Gasteiger charge is 2.04. The second kappa shape index (κ2) is 6.56. The molecule has 5 heteroatoms. The SMILES string of the molecule is CN(C)c1ccc(NC(=O)COc2ccccc2)cn1. The zero-order valence-electron chi connectivity index (χ0n) is 11.5. The monoisotopic (exact) mass is 271 g/mol. The van der Waals surface area contributed by atoms with E-state index in [0.29, 0.717) is 11.4 Å². The van der Waals surface area contributed by atoms with Gasteiger partial charge in [0.25, 0.3) is 5.91 Å². The van der Waals surface area contributed by atoms with E-state index in [4.69, 9.17) is 4.74 Å². The molecule has 0 aliphatic heterocycles. The summed E-state index contributed by atoms with van der Waals surface area (Å²) in [5.41, 5.74) is 0.650. The van der Waals surface area contributed by atoms with Gasteiger partial charge in [-0.1, -0.05) is 18.2 Å². The van der Waals surface area contributed by atoms with Crippen molar-refractivity contribution in [1.82, 2.24) is 4.98 Å². The van der Waals surface area contributed by atoms with Gasteiger partial charge in [0.1, 0.15) is 11.6 Å². The first-order valence-electron chi connectivity index (χ1n) is 6.26. The highest BCUT2D eigenvalue weighted by molar-refractivity contribution is 5.91. The van der Waals surface area contributed by atoms with Gasteiger partial charge in [0.15, 0.2) is 6.61 Å². The van der Waals surface area contributed by atoms with Crippen LogP contribution in [0.3, 0.4) is 0 Å². The van der Waals surface area contributed by atoms with Crippen LogP contribution in [0.2, 0.25) is 0 Å². The Balaban J connectivity index is 1.85. The maximum absolute atomic E-state index is 11.7. The summed E-state index contributed by atoms with van der Waals surface area (Å²) < 4.78 is 5.36. The number of para-hydroxylation sites is 1. The number of carbonyl (C=O) groups is 1. The Hall–Kier alpha value is -2.56. The van der Waals surface area contributed by atoms with Gasteiger partial charge in [-0.3, -0.25) is 4.79 Å². The van der Waals surface area contributed by atoms with Crippen LogP contribution in [0.4, 0.5) is 11.5 Å². The standard InChI is InChI=1S/C15H17N3O2/c1-18(2)14-9-8-12(10-16-14)17-15(19)11-20-13-6-4-3-5-7-13/h3-10H,11H2,1-2H3,(H,17,19). The first kappa shape index (κ1) is 13.9. The number of rotatable bonds is 5. The van der Waals surface area contributed by atoms with E-state index in [1.807, 2.05) is 49.3 Å². The van der Waals surface area contributed by atoms with Crippen molar-refractivity contribution in [2.75, 3.05) is 30.9 Å². The summed E-state index contributed by atoms with van der Waals surface area (Å²) in [6, 6.07) is 12.9. The van der Waals surface area contributed by atoms with Crippen LogP contribution >= 0.6 is 0 Å². The topological polar surface area (TPSA) is 54.5 Å². The highest BCUT2D eigenvalue weighted by atomic mass is 16.5. The molecule has 0 aliphatic carbocycles. The number of ether oxygens (including phenoxy) is 1. The average molecular weight is 271 g/mol. The Morgan fingerprint density at radius 1 is 1.20 bits per heavy atom. The first-order chi connectivity index (χ1) is 9.65. The van der Waals surface area contributed by atoms with Gasteiger partial charge in [-0.05, 0) is 24.3 Å². The summed E-state index contributed by atoms with van der Waals surface area (Å²) in [5, 5.41) is 2.73. The summed E-state index contributed by atoms with van der Waals surface area (Å²) >= 11 is 0. The molecule has 0 spiro atoms. The molecule has 0 saturated carbocycles. The Morgan fingerprint density at radius 2 is 1.95 bits per heavy atom. The van der Waals surface area contributed by atoms with Crippen LogP contribution in [-0.4, -0.2) is 31.6 Å². The molecule has 104 valence electrons. The molecule has 0 aliphatic rings. The summed E-state index contributed by atoms with van der Waals surface area (Å²) in [4.78, 5) is 17.8. The minimum absolute atomic E-state index is 0.0283. The van der Waals surface area contributed by atoms with Gasteiger partial charge in [-0.2, -0.15) is 0 Å². The fourth-order valence-corrected chi connectivity index (χ4v) is 1.59. The van der Waals surface area contributed by atoms with Gasteiger partial charge in [0, 0.05) is 14.1 Å². The van der Waals surface area contributed by atoms with Crippen LogP contribution < -0.4 is 15.0 Å². The van der Waals surface area contributed by atoms with E-state index < -0.39 is 0 Å². The number of benzene rings is 1. The van der Waals surface area contributed by atoms with Crippen molar-refractivity contribution in [3.8, 4) is 5.75 Å². The number of hydrogen-bond acceptors (Lipinski definition) is 4. The van der Waals surface area contributed by atoms with E-state index in [-0.39, 0.29) is 12.5 Å². The van der Waals surface area contributed by atoms with E-state index in [0.717, 1.165) is 5.82 Å². The molecular weight excluding hydrogens is 254 g/mol. The largest absolute Gasteiger partial charge is 0.484 e. The second-order valence-electron chi connectivity index (χ2n) is 4.45. The molecule has 0 saturated heterocycles. The molecule has 2 rings (SSSR count). The lowest BCUT2D eigenvalue weighted by Crippen LogP contribution is -2.20. The number of aromatic nitrogens is 1. The number of hydrogen-bond donors (Lipinski definition) is 1. The quantitative estimate of drug-likeness (QED) is 0.905. The van der Waals surface area contributed by atoms with Crippen LogP contribution in [0.1, 0.15) is 0 Å². The van der Waals surface area contributed by atoms with Gasteiger partial charge in [-0.15, -0.1) is 0 Å². The van der Waals surface area contributed by atoms with E-state index in [1.54, 1.807) is 18.3 Å². The Kier molecular flexibility index (Phi) is 4.55. The summed E-state index contributed by atoms with van der Waals surface area (Å²) in [7, 11) is 3.82. The number of anilines is 2. The maximum Gasteiger partial charge on any atom is 0.262 e. The predicted molar refractivity (Wildman–Crippen MR) is 79.1 cm³/mol. The second-order valence-corrected chi connectivity index (χ2v) is 4.45. The van der Waals surface area contributed by atoms with Crippen molar-refractivity contribution in [2.45, 2.75) is 0 Å². The Labute approximate surface area is 118 Å². The van der Waals surface area contributed by atoms with Crippen LogP contribution in [0.25, 0.3) is 0 Å². The molecule has 5 nitrogen and oxygen atoms in total. The molecule has 1 amide bonds. The Bertz CT molecular complexity index is 553. The molecule has 2 aromatic rings. The van der Waals surface area contributed by atoms with Gasteiger partial charge >= 0.3 is 0 Å². The number of amides is 1. The molecule has 0 bridgehead atoms. The maximum atomic E-state index is 11.7. The normalized spacial score (nSPS) is 9.90. The van der Waals surface area contributed by atoms with E-state index >= 15 is 0 Å². The number of pyridine rings is 1. The zero-order chi connectivity index (χ0) is 14.4. The van der Waals surface area contributed by atoms with Crippen LogP contribution in [-0.2, 0) is 4.79 Å². The Morgan fingerprint density at radius 3 is 2.55 bits per heavy atom. The zero-order valence-corrected chi connectivity index (χ0v) is 11.5. The highest BCUT2D eigenvalue weighted by Crippen LogP contribution is 2.12. The summed E-state index contributed by atoms with van der Waals surface area (Å²) in [6.07, 6.45) is 1.62. The van der Waals surface area contributed by atoms with Gasteiger partial charge in [-0.25, -0.2) is 4.98 Å². The van der Waals surface area contributed by atoms with Gasteiger partial charge in [0.2, 0.25) is 0 Å². The lowest BCUT2D eigenvalue weighted by atomic mass is 10.3. The van der Waals surface area contributed by atoms with Crippen molar-refractivity contribution in [3.63, 3.8) is 0 Å². The third-order valence-corrected chi connectivity index (χ3v) is 2.60. The lowest BCUT2D eigenvalue weighted by molar-refractivity contribution is -0.118. The molecular formula is C15H17N3O2. The summed E-state index contributed by atoms with van der Waals surface area (Å²) in [5.74, 6) is 1.29. The molecule has 1 aromatic carbocycles. The minimum atomic E-state index is -0.215. The van der Waals surface area contributed by atoms with Crippen molar-refractivity contribution in [3.05, 3.63) is 48.7 Å². The van der Waals surface area contributed by atoms with Crippen LogP contribution in [0, 0.1) is 0 Å². The predicted octanol–water partition coefficient (Wildman–Crippen LogP) is 2.17. The third kappa shape index (κ3) is 3.98. The fraction of sp³-hybridized carbons (Fsp3) is 0.200. The van der Waals surface area contributed by atoms with E-state index in [2.05, 4.69) is 10.3 Å². The molecule has 1 heterocycles. The minimum Gasteiger partial charge on any atom is -0.484 e. The van der Waals surface area contributed by atoms with Crippen LogP contribution in [0.15, 0.2) is 48.7 Å². The number of nitrogens with zero attached hydrogens (tertiary/aromatic N) is 2. The molecule has 0 atom stereocenters. The molecule has 0 fully saturated rings. The van der Waals surface area contributed by atoms with Crippen molar-refractivity contribution in [2.24, 2.45) is 0 Å². The van der Waals surface area contributed by atoms with Crippen molar-refractivity contribution in [1.29, 1.82) is 0 Å². The molecule has 0 unspecified atom stereocenters. The third-order valence-electron chi connectivity index (χ3n) is 2.60. The number of carbonyl (C=O) groups excluding carboxylic acids is 1. The number of nitrogens with one attached hydrogen (secondary N) is 1. The fourth-order valence-electron chi connectivity index (χ4n) is 1.59. The van der Waals surface area contributed by atoms with Gasteiger partial charge in [0.05, 0.1) is 11.9 Å². The molecule has 0 radical (unpaired) electrons. The molecule has 20 heavy (non-hydrogen) atoms. The smallest absolute Gasteiger partial charge is 0.262 e. The molecule has 1 N–H and O–H groups in total. The average Bonchev–Trinajstić information content (AvgIpc) is 2.47. The van der Waals surface area contributed by atoms with Crippen molar-refractivity contribution >= 4 is 17.4 Å². The van der Waals surface area contributed by atoms with Crippen molar-refractivity contribution < 1.29 is 9.53 Å². The molecule has 1 aromatic heterocycles. The van der Waals surface area contributed by atoms with Gasteiger partial charge < -0.3 is 15.0 Å². The summed E-state index contributed by atoms with van der Waals surface area (Å²) in [6.45, 7) is -0.0283. The van der Waals surface area contributed by atoms with E-state index in [9.17, 15) is 4.79 Å². The first-order valence-corrected chi connectivity index (χ1v) is 6.26. The van der Waals surface area contributed by atoms with E-state index in [1.165, 1.54) is 0 Å². The van der Waals surface area contributed by atoms with Crippen LogP contribution in [0.5, 0.6) is 5.75 Å². The lowest BCUT2D eigenvalue weighted by Gasteiger charge is -2.12.